The molecule has 0 aliphatic heterocycles. The molecule has 1 aromatic carbocycles. The van der Waals surface area contributed by atoms with Crippen LogP contribution in [0.5, 0.6) is 0 Å². The maximum atomic E-state index is 9.60. The predicted octanol–water partition coefficient (Wildman–Crippen LogP) is 2.53. The summed E-state index contributed by atoms with van der Waals surface area (Å²) in [4.78, 5) is 0. The van der Waals surface area contributed by atoms with Crippen molar-refractivity contribution in [3.8, 4) is 0 Å². The lowest BCUT2D eigenvalue weighted by Crippen LogP contribution is -2.25. The molecule has 0 unspecified atom stereocenters. The number of ether oxygens (including phenoxy) is 1. The topological polar surface area (TPSA) is 29.5 Å². The largest absolute Gasteiger partial charge is 0.390 e. The molecule has 1 aromatic rings. The van der Waals surface area contributed by atoms with E-state index >= 15 is 0 Å². The smallest absolute Gasteiger partial charge is 0.0833 e. The Labute approximate surface area is 91.2 Å². The van der Waals surface area contributed by atoms with E-state index in [9.17, 15) is 5.11 Å². The first kappa shape index (κ1) is 12.0. The molecule has 0 radical (unpaired) electrons. The lowest BCUT2D eigenvalue weighted by molar-refractivity contribution is -0.0333. The number of benzene rings is 1. The molecular formula is C13H18O2. The quantitative estimate of drug-likeness (QED) is 0.725. The van der Waals surface area contributed by atoms with Crippen LogP contribution in [0.3, 0.4) is 0 Å². The van der Waals surface area contributed by atoms with Crippen LogP contribution in [-0.2, 0) is 11.3 Å². The molecule has 2 atom stereocenters. The monoisotopic (exact) mass is 206 g/mol. The minimum atomic E-state index is -0.466. The highest BCUT2D eigenvalue weighted by atomic mass is 16.5. The zero-order valence-corrected chi connectivity index (χ0v) is 9.10. The lowest BCUT2D eigenvalue weighted by atomic mass is 10.1. The van der Waals surface area contributed by atoms with E-state index in [1.807, 2.05) is 37.3 Å². The molecule has 1 N–H and O–H groups in total. The highest BCUT2D eigenvalue weighted by molar-refractivity contribution is 5.13. The van der Waals surface area contributed by atoms with Crippen molar-refractivity contribution in [3.05, 3.63) is 48.6 Å². The first-order valence-electron chi connectivity index (χ1n) is 5.18. The number of aliphatic hydroxyl groups is 1. The average Bonchev–Trinajstić information content (AvgIpc) is 2.27. The van der Waals surface area contributed by atoms with Gasteiger partial charge in [0, 0.05) is 0 Å². The van der Waals surface area contributed by atoms with E-state index in [0.717, 1.165) is 5.56 Å². The van der Waals surface area contributed by atoms with Crippen molar-refractivity contribution in [2.45, 2.75) is 32.2 Å². The molecule has 0 aliphatic rings. The molecule has 0 saturated heterocycles. The summed E-state index contributed by atoms with van der Waals surface area (Å²) in [6.45, 7) is 6.00. The lowest BCUT2D eigenvalue weighted by Gasteiger charge is -2.18. The van der Waals surface area contributed by atoms with Gasteiger partial charge in [-0.15, -0.1) is 6.58 Å². The van der Waals surface area contributed by atoms with Crippen molar-refractivity contribution in [2.24, 2.45) is 0 Å². The molecule has 2 heteroatoms. The van der Waals surface area contributed by atoms with Crippen molar-refractivity contribution in [1.82, 2.24) is 0 Å². The Morgan fingerprint density at radius 1 is 1.40 bits per heavy atom. The second-order valence-electron chi connectivity index (χ2n) is 3.59. The molecule has 0 fully saturated rings. The summed E-state index contributed by atoms with van der Waals surface area (Å²) in [5, 5.41) is 9.60. The van der Waals surface area contributed by atoms with Gasteiger partial charge < -0.3 is 9.84 Å². The van der Waals surface area contributed by atoms with Gasteiger partial charge in [0.15, 0.2) is 0 Å². The fraction of sp³-hybridized carbons (Fsp3) is 0.385. The number of aliphatic hydroxyl groups excluding tert-OH is 1. The van der Waals surface area contributed by atoms with Gasteiger partial charge in [0.05, 0.1) is 18.8 Å². The van der Waals surface area contributed by atoms with Gasteiger partial charge >= 0.3 is 0 Å². The fourth-order valence-electron chi connectivity index (χ4n) is 1.28. The van der Waals surface area contributed by atoms with E-state index in [4.69, 9.17) is 4.74 Å². The summed E-state index contributed by atoms with van der Waals surface area (Å²) in [7, 11) is 0. The molecule has 0 aromatic heterocycles. The van der Waals surface area contributed by atoms with Gasteiger partial charge in [-0.05, 0) is 18.9 Å². The SMILES string of the molecule is C=CC[C@@H](O)[C@@H](C)OCc1ccccc1. The normalized spacial score (nSPS) is 14.5. The van der Waals surface area contributed by atoms with E-state index in [2.05, 4.69) is 6.58 Å². The van der Waals surface area contributed by atoms with E-state index in [1.165, 1.54) is 0 Å². The third kappa shape index (κ3) is 4.28. The van der Waals surface area contributed by atoms with Crippen LogP contribution in [0.4, 0.5) is 0 Å². The third-order valence-electron chi connectivity index (χ3n) is 2.31. The Kier molecular flexibility index (Phi) is 5.08. The molecule has 0 heterocycles. The third-order valence-corrected chi connectivity index (χ3v) is 2.31. The molecule has 0 saturated carbocycles. The molecule has 2 nitrogen and oxygen atoms in total. The van der Waals surface area contributed by atoms with Crippen molar-refractivity contribution < 1.29 is 9.84 Å². The Morgan fingerprint density at radius 2 is 2.07 bits per heavy atom. The number of rotatable bonds is 6. The van der Waals surface area contributed by atoms with Gasteiger partial charge in [0.2, 0.25) is 0 Å². The van der Waals surface area contributed by atoms with E-state index in [0.29, 0.717) is 13.0 Å². The summed E-state index contributed by atoms with van der Waals surface area (Å²) >= 11 is 0. The summed E-state index contributed by atoms with van der Waals surface area (Å²) in [6, 6.07) is 9.94. The maximum Gasteiger partial charge on any atom is 0.0833 e. The molecule has 0 spiro atoms. The molecule has 15 heavy (non-hydrogen) atoms. The summed E-state index contributed by atoms with van der Waals surface area (Å²) in [6.07, 6.45) is 1.64. The van der Waals surface area contributed by atoms with Gasteiger partial charge in [-0.3, -0.25) is 0 Å². The van der Waals surface area contributed by atoms with Crippen LogP contribution < -0.4 is 0 Å². The Bertz CT molecular complexity index is 282. The zero-order chi connectivity index (χ0) is 11.1. The second kappa shape index (κ2) is 6.38. The highest BCUT2D eigenvalue weighted by Gasteiger charge is 2.12. The minimum Gasteiger partial charge on any atom is -0.390 e. The Balaban J connectivity index is 2.34. The van der Waals surface area contributed by atoms with Crippen LogP contribution in [0.2, 0.25) is 0 Å². The molecule has 1 rings (SSSR count). The number of hydrogen-bond donors (Lipinski definition) is 1. The van der Waals surface area contributed by atoms with E-state index in [-0.39, 0.29) is 6.10 Å². The highest BCUT2D eigenvalue weighted by Crippen LogP contribution is 2.08. The Hall–Kier alpha value is -1.12. The Morgan fingerprint density at radius 3 is 2.67 bits per heavy atom. The van der Waals surface area contributed by atoms with Crippen LogP contribution in [0.25, 0.3) is 0 Å². The van der Waals surface area contributed by atoms with Gasteiger partial charge in [0.1, 0.15) is 0 Å². The van der Waals surface area contributed by atoms with Crippen LogP contribution in [0, 0.1) is 0 Å². The average molecular weight is 206 g/mol. The van der Waals surface area contributed by atoms with Crippen molar-refractivity contribution in [3.63, 3.8) is 0 Å². The van der Waals surface area contributed by atoms with Crippen molar-refractivity contribution >= 4 is 0 Å². The predicted molar refractivity (Wildman–Crippen MR) is 61.5 cm³/mol. The van der Waals surface area contributed by atoms with Gasteiger partial charge in [0.25, 0.3) is 0 Å². The summed E-state index contributed by atoms with van der Waals surface area (Å²) in [5.74, 6) is 0. The maximum absolute atomic E-state index is 9.60. The molecule has 0 aliphatic carbocycles. The molecule has 0 amide bonds. The van der Waals surface area contributed by atoms with Gasteiger partial charge in [-0.2, -0.15) is 0 Å². The van der Waals surface area contributed by atoms with Crippen LogP contribution in [0.15, 0.2) is 43.0 Å². The fourth-order valence-corrected chi connectivity index (χ4v) is 1.28. The minimum absolute atomic E-state index is 0.164. The number of hydrogen-bond acceptors (Lipinski definition) is 2. The van der Waals surface area contributed by atoms with E-state index in [1.54, 1.807) is 6.08 Å². The first-order chi connectivity index (χ1) is 7.24. The van der Waals surface area contributed by atoms with Gasteiger partial charge in [-0.25, -0.2) is 0 Å². The van der Waals surface area contributed by atoms with Gasteiger partial charge in [-0.1, -0.05) is 36.4 Å². The summed E-state index contributed by atoms with van der Waals surface area (Å²) < 4.78 is 5.54. The molecular weight excluding hydrogens is 188 g/mol. The molecule has 0 bridgehead atoms. The van der Waals surface area contributed by atoms with Crippen molar-refractivity contribution in [1.29, 1.82) is 0 Å². The van der Waals surface area contributed by atoms with Crippen LogP contribution in [-0.4, -0.2) is 17.3 Å². The first-order valence-corrected chi connectivity index (χ1v) is 5.18. The molecule has 82 valence electrons. The zero-order valence-electron chi connectivity index (χ0n) is 9.10. The van der Waals surface area contributed by atoms with E-state index < -0.39 is 6.10 Å². The summed E-state index contributed by atoms with van der Waals surface area (Å²) in [5.41, 5.74) is 1.12. The van der Waals surface area contributed by atoms with Crippen LogP contribution >= 0.6 is 0 Å². The van der Waals surface area contributed by atoms with Crippen molar-refractivity contribution in [2.75, 3.05) is 0 Å². The standard InChI is InChI=1S/C13H18O2/c1-3-7-13(14)11(2)15-10-12-8-5-4-6-9-12/h3-6,8-9,11,13-14H,1,7,10H2,2H3/t11-,13-/m1/s1. The second-order valence-corrected chi connectivity index (χ2v) is 3.59. The van der Waals surface area contributed by atoms with Crippen LogP contribution in [0.1, 0.15) is 18.9 Å².